The van der Waals surface area contributed by atoms with Gasteiger partial charge in [-0.05, 0) is 140 Å². The average molecular weight is 1170 g/mol. The maximum absolute atomic E-state index is 5.07. The molecule has 0 spiro atoms. The van der Waals surface area contributed by atoms with Crippen LogP contribution in [0.4, 0.5) is 0 Å². The molecule has 0 amide bonds. The highest BCUT2D eigenvalue weighted by molar-refractivity contribution is 4.58. The maximum atomic E-state index is 5.07. The third kappa shape index (κ3) is 284. The lowest BCUT2D eigenvalue weighted by atomic mass is 10.0. The lowest BCUT2D eigenvalue weighted by Gasteiger charge is -2.09. The van der Waals surface area contributed by atoms with Crippen molar-refractivity contribution in [3.05, 3.63) is 0 Å². The second-order valence-electron chi connectivity index (χ2n) is 37.0. The number of rotatable bonds is 0. The molecule has 0 unspecified atom stereocenters. The van der Waals surface area contributed by atoms with Crippen LogP contribution in [0.15, 0.2) is 0 Å². The van der Waals surface area contributed by atoms with E-state index in [9.17, 15) is 0 Å². The van der Waals surface area contributed by atoms with Crippen molar-refractivity contribution in [2.24, 2.45) is 43.3 Å². The first-order valence-electron chi connectivity index (χ1n) is 35.3. The van der Waals surface area contributed by atoms with Gasteiger partial charge in [0.25, 0.3) is 0 Å². The molecule has 8 aliphatic rings. The van der Waals surface area contributed by atoms with Crippen LogP contribution in [0.1, 0.15) is 395 Å². The van der Waals surface area contributed by atoms with Crippen LogP contribution < -0.4 is 16.0 Å². The number of piperidine rings is 1. The number of ether oxygens (including phenoxy) is 2. The Morgan fingerprint density at radius 3 is 0.293 bits per heavy atom. The third-order valence-corrected chi connectivity index (χ3v) is 8.78. The Bertz CT molecular complexity index is 765. The number of hydrogen-bond donors (Lipinski definition) is 3. The molecule has 0 aromatic heterocycles. The van der Waals surface area contributed by atoms with E-state index < -0.39 is 0 Å². The minimum atomic E-state index is 0.500. The summed E-state index contributed by atoms with van der Waals surface area (Å²) in [6.45, 7) is 81.5. The summed E-state index contributed by atoms with van der Waals surface area (Å²) in [5.41, 5.74) is 4.00. The van der Waals surface area contributed by atoms with E-state index in [0.29, 0.717) is 43.3 Å². The van der Waals surface area contributed by atoms with Crippen molar-refractivity contribution in [1.29, 1.82) is 0 Å². The van der Waals surface area contributed by atoms with E-state index in [2.05, 4.69) is 238 Å². The van der Waals surface area contributed by atoms with Gasteiger partial charge in [0.2, 0.25) is 0 Å². The Morgan fingerprint density at radius 2 is 0.244 bits per heavy atom. The van der Waals surface area contributed by atoms with E-state index in [1.807, 2.05) is 0 Å². The van der Waals surface area contributed by atoms with E-state index in [0.717, 1.165) is 26.4 Å². The first kappa shape index (κ1) is 98.1. The smallest absolute Gasteiger partial charge is 0.0488 e. The summed E-state index contributed by atoms with van der Waals surface area (Å²) < 4.78 is 9.79. The lowest BCUT2D eigenvalue weighted by molar-refractivity contribution is 0.0367. The van der Waals surface area contributed by atoms with Crippen molar-refractivity contribution in [1.82, 2.24) is 16.0 Å². The van der Waals surface area contributed by atoms with Gasteiger partial charge in [-0.1, -0.05) is 337 Å². The van der Waals surface area contributed by atoms with E-state index in [4.69, 9.17) is 9.47 Å². The Balaban J connectivity index is -0.000000119. The van der Waals surface area contributed by atoms with Crippen molar-refractivity contribution in [2.45, 2.75) is 395 Å². The van der Waals surface area contributed by atoms with Gasteiger partial charge in [-0.2, -0.15) is 0 Å². The van der Waals surface area contributed by atoms with Gasteiger partial charge < -0.3 is 25.4 Å². The SMILES string of the molecule is C1CCCC1.C1CCCCC1.C1CCCCC1.C1CCNC1.C1CCNCC1.C1CCOCC1.C1CNC1.C1COC1.CC(C)(C)C.CC(C)(C)C.CC(C)(C)C.CC(C)(C)C.CC(C)(C)C.CC(C)(C)C.CC(C)(C)C.CC(C)(C)C. The average Bonchev–Trinajstić information content (AvgIpc) is 4.03. The summed E-state index contributed by atoms with van der Waals surface area (Å²) >= 11 is 0. The minimum absolute atomic E-state index is 0.500. The largest absolute Gasteiger partial charge is 0.381 e. The molecule has 3 aliphatic carbocycles. The fourth-order valence-corrected chi connectivity index (χ4v) is 5.44. The molecule has 3 saturated carbocycles. The zero-order valence-electron chi connectivity index (χ0n) is 64.5. The molecule has 0 radical (unpaired) electrons. The Morgan fingerprint density at radius 1 is 0.146 bits per heavy atom. The highest BCUT2D eigenvalue weighted by Gasteiger charge is 2.02. The van der Waals surface area contributed by atoms with Gasteiger partial charge in [-0.3, -0.25) is 0 Å². The highest BCUT2D eigenvalue weighted by Crippen LogP contribution is 2.17. The quantitative estimate of drug-likeness (QED) is 0.226. The molecule has 8 fully saturated rings. The van der Waals surface area contributed by atoms with E-state index in [1.165, 1.54) is 213 Å². The molecule has 5 heterocycles. The fraction of sp³-hybridized carbons (Fsp3) is 1.00. The summed E-state index contributed by atoms with van der Waals surface area (Å²) in [5.74, 6) is 0. The van der Waals surface area contributed by atoms with Crippen LogP contribution in [-0.2, 0) is 9.47 Å². The maximum Gasteiger partial charge on any atom is 0.0488 e. The third-order valence-electron chi connectivity index (χ3n) is 8.78. The molecule has 5 aliphatic heterocycles. The summed E-state index contributed by atoms with van der Waals surface area (Å²) in [4.78, 5) is 0. The minimum Gasteiger partial charge on any atom is -0.381 e. The fourth-order valence-electron chi connectivity index (χ4n) is 5.44. The Labute approximate surface area is 526 Å². The molecule has 0 aromatic carbocycles. The van der Waals surface area contributed by atoms with Crippen molar-refractivity contribution < 1.29 is 9.47 Å². The lowest BCUT2D eigenvalue weighted by Crippen LogP contribution is -2.29. The van der Waals surface area contributed by atoms with Gasteiger partial charge >= 0.3 is 0 Å². The van der Waals surface area contributed by atoms with Crippen LogP contribution in [0.25, 0.3) is 0 Å². The van der Waals surface area contributed by atoms with Gasteiger partial charge in [-0.25, -0.2) is 0 Å². The van der Waals surface area contributed by atoms with Gasteiger partial charge in [-0.15, -0.1) is 0 Å². The van der Waals surface area contributed by atoms with Gasteiger partial charge in [0.1, 0.15) is 0 Å². The summed E-state index contributed by atoms with van der Waals surface area (Å²) in [6, 6.07) is 0. The molecule has 0 atom stereocenters. The Kier molecular flexibility index (Phi) is 76.3. The predicted molar refractivity (Wildman–Crippen MR) is 386 cm³/mol. The van der Waals surface area contributed by atoms with Gasteiger partial charge in [0.15, 0.2) is 0 Å². The molecular formula is C77H173N3O2. The second-order valence-corrected chi connectivity index (χ2v) is 37.0. The molecule has 5 heteroatoms. The molecule has 3 N–H and O–H groups in total. The molecule has 0 bridgehead atoms. The number of hydrogen-bond acceptors (Lipinski definition) is 5. The van der Waals surface area contributed by atoms with Crippen LogP contribution in [-0.4, -0.2) is 65.7 Å². The van der Waals surface area contributed by atoms with Crippen LogP contribution in [0.2, 0.25) is 0 Å². The monoisotopic (exact) mass is 1170 g/mol. The van der Waals surface area contributed by atoms with Crippen LogP contribution in [0, 0.1) is 43.3 Å². The zero-order valence-corrected chi connectivity index (χ0v) is 64.5. The molecular weight excluding hydrogens is 999 g/mol. The summed E-state index contributed by atoms with van der Waals surface area (Å²) in [7, 11) is 0. The molecule has 5 saturated heterocycles. The molecule has 508 valence electrons. The van der Waals surface area contributed by atoms with Gasteiger partial charge in [0.05, 0.1) is 0 Å². The van der Waals surface area contributed by atoms with Crippen molar-refractivity contribution in [3.63, 3.8) is 0 Å². The predicted octanol–water partition coefficient (Wildman–Crippen LogP) is 25.8. The standard InChI is InChI=1S/2C6H12.C5H11N.C5H10O.C5H10.8C5H12.C4H9N.C3H7N.C3H6O/c4*1-2-4-6-5-3-1;1-2-4-5-3-1;8*1-5(2,3)4;1-2-4-5-3-1;2*1-2-4-3-1/h2*1-6H2;6H,1-5H2;1-5H2;1-5H2;8*1-4H3;5H,1-4H2;4H,1-3H2;1-3H2. The highest BCUT2D eigenvalue weighted by atomic mass is 16.5. The molecule has 5 nitrogen and oxygen atoms in total. The zero-order chi connectivity index (χ0) is 65.7. The first-order valence-corrected chi connectivity index (χ1v) is 35.3. The first-order chi connectivity index (χ1) is 37.0. The summed E-state index contributed by atoms with van der Waals surface area (Å²) in [6.07, 6.45) is 39.1. The van der Waals surface area contributed by atoms with Crippen molar-refractivity contribution >= 4 is 0 Å². The number of nitrogens with one attached hydrogen (secondary N) is 3. The molecule has 0 aromatic rings. The second kappa shape index (κ2) is 63.8. The van der Waals surface area contributed by atoms with Crippen molar-refractivity contribution in [2.75, 3.05) is 65.7 Å². The van der Waals surface area contributed by atoms with E-state index >= 15 is 0 Å². The van der Waals surface area contributed by atoms with Crippen molar-refractivity contribution in [3.8, 4) is 0 Å². The summed E-state index contributed by atoms with van der Waals surface area (Å²) in [5, 5.41) is 9.62. The van der Waals surface area contributed by atoms with Crippen LogP contribution in [0.3, 0.4) is 0 Å². The van der Waals surface area contributed by atoms with Gasteiger partial charge in [0, 0.05) is 26.4 Å². The van der Waals surface area contributed by atoms with Crippen LogP contribution in [0.5, 0.6) is 0 Å². The van der Waals surface area contributed by atoms with E-state index in [1.54, 1.807) is 0 Å². The molecule has 8 rings (SSSR count). The van der Waals surface area contributed by atoms with E-state index in [-0.39, 0.29) is 0 Å². The normalized spacial score (nSPS) is 18.1. The van der Waals surface area contributed by atoms with Crippen LogP contribution >= 0.6 is 0 Å². The molecule has 82 heavy (non-hydrogen) atoms. The topological polar surface area (TPSA) is 54.5 Å². The Hall–Kier alpha value is -0.200.